The lowest BCUT2D eigenvalue weighted by Gasteiger charge is -2.14. The molecule has 0 saturated carbocycles. The number of carbonyl (C=O) groups excluding carboxylic acids is 2. The van der Waals surface area contributed by atoms with Crippen LogP contribution < -0.4 is 10.1 Å². The maximum Gasteiger partial charge on any atom is 0.310 e. The second kappa shape index (κ2) is 9.73. The minimum atomic E-state index is -0.520. The molecule has 1 aliphatic heterocycles. The monoisotopic (exact) mass is 352 g/mol. The van der Waals surface area contributed by atoms with Crippen LogP contribution in [0.5, 0.6) is 5.75 Å². The van der Waals surface area contributed by atoms with Crippen molar-refractivity contribution in [2.24, 2.45) is 0 Å². The Bertz CT molecular complexity index is 591. The molecule has 1 heterocycles. The Balaban J connectivity index is 0.000000381. The van der Waals surface area contributed by atoms with Crippen LogP contribution in [0.15, 0.2) is 24.3 Å². The summed E-state index contributed by atoms with van der Waals surface area (Å²) in [5.41, 5.74) is -0.438. The summed E-state index contributed by atoms with van der Waals surface area (Å²) in [5, 5.41) is 13.8. The van der Waals surface area contributed by atoms with Gasteiger partial charge in [0, 0.05) is 6.07 Å². The average molecular weight is 352 g/mol. The van der Waals surface area contributed by atoms with Crippen molar-refractivity contribution in [3.05, 3.63) is 34.4 Å². The van der Waals surface area contributed by atoms with Gasteiger partial charge in [0.05, 0.1) is 11.0 Å². The highest BCUT2D eigenvalue weighted by Crippen LogP contribution is 2.25. The van der Waals surface area contributed by atoms with Gasteiger partial charge in [-0.25, -0.2) is 0 Å². The smallest absolute Gasteiger partial charge is 0.310 e. The third-order valence-corrected chi connectivity index (χ3v) is 3.28. The summed E-state index contributed by atoms with van der Waals surface area (Å²) in [7, 11) is 0. The molecule has 0 unspecified atom stereocenters. The Hall–Kier alpha value is -2.48. The highest BCUT2D eigenvalue weighted by Gasteiger charge is 2.23. The fourth-order valence-corrected chi connectivity index (χ4v) is 2.08. The Kier molecular flexibility index (Phi) is 8.00. The number of nitro groups is 1. The molecule has 1 aromatic rings. The minimum absolute atomic E-state index is 0.0642. The maximum absolute atomic E-state index is 11.7. The van der Waals surface area contributed by atoms with Gasteiger partial charge in [-0.2, -0.15) is 0 Å². The molecule has 0 aromatic heterocycles. The zero-order chi connectivity index (χ0) is 18.9. The van der Waals surface area contributed by atoms with Gasteiger partial charge in [0.1, 0.15) is 12.2 Å². The first-order valence-corrected chi connectivity index (χ1v) is 7.98. The molecule has 0 radical (unpaired) electrons. The number of ketones is 1. The largest absolute Gasteiger partial charge is 0.479 e. The van der Waals surface area contributed by atoms with Crippen LogP contribution in [0.25, 0.3) is 0 Å². The molecule has 1 aliphatic rings. The number of nitrogens with zero attached hydrogens (tertiary/aromatic N) is 1. The molecule has 8 heteroatoms. The summed E-state index contributed by atoms with van der Waals surface area (Å²) in [6.45, 7) is 6.62. The number of ether oxygens (including phenoxy) is 2. The molecule has 1 saturated heterocycles. The number of benzene rings is 1. The maximum atomic E-state index is 11.7. The lowest BCUT2D eigenvalue weighted by Crippen LogP contribution is -2.34. The van der Waals surface area contributed by atoms with E-state index in [0.717, 1.165) is 19.4 Å². The Morgan fingerprint density at radius 1 is 1.40 bits per heavy atom. The van der Waals surface area contributed by atoms with Crippen LogP contribution in [0.1, 0.15) is 33.6 Å². The van der Waals surface area contributed by atoms with Crippen LogP contribution in [-0.2, 0) is 14.3 Å². The molecule has 1 aromatic carbocycles. The number of carbonyl (C=O) groups is 2. The van der Waals surface area contributed by atoms with Gasteiger partial charge in [0.2, 0.25) is 0 Å². The molecule has 0 amide bonds. The molecule has 8 nitrogen and oxygen atoms in total. The third-order valence-electron chi connectivity index (χ3n) is 3.28. The molecule has 2 rings (SSSR count). The van der Waals surface area contributed by atoms with Crippen LogP contribution in [0, 0.1) is 10.1 Å². The Labute approximate surface area is 146 Å². The second-order valence-electron chi connectivity index (χ2n) is 6.46. The van der Waals surface area contributed by atoms with Gasteiger partial charge in [-0.05, 0) is 46.2 Å². The van der Waals surface area contributed by atoms with Crippen molar-refractivity contribution in [3.63, 3.8) is 0 Å². The van der Waals surface area contributed by atoms with Gasteiger partial charge in [0.15, 0.2) is 11.5 Å². The summed E-state index contributed by atoms with van der Waals surface area (Å²) >= 11 is 0. The van der Waals surface area contributed by atoms with E-state index in [1.807, 2.05) is 20.8 Å². The zero-order valence-electron chi connectivity index (χ0n) is 14.7. The molecular formula is C17H24N2O6. The summed E-state index contributed by atoms with van der Waals surface area (Å²) < 4.78 is 9.79. The van der Waals surface area contributed by atoms with E-state index in [-0.39, 0.29) is 35.5 Å². The molecule has 138 valence electrons. The van der Waals surface area contributed by atoms with E-state index in [1.54, 1.807) is 12.1 Å². The van der Waals surface area contributed by atoms with Crippen LogP contribution in [-0.4, -0.2) is 42.0 Å². The number of Topliss-reactive ketones (excluding diaryl/α,β-unsaturated/α-hetero) is 1. The number of nitrogens with one attached hydrogen (secondary N) is 1. The SMILES string of the molecule is CC(C)(C)OC=O.O=C(COc1ccccc1[N+](=O)[O-])[C@H]1CCCN1. The van der Waals surface area contributed by atoms with Gasteiger partial charge in [-0.15, -0.1) is 0 Å². The molecule has 1 fully saturated rings. The number of hydrogen-bond donors (Lipinski definition) is 1. The topological polar surface area (TPSA) is 108 Å². The molecule has 25 heavy (non-hydrogen) atoms. The normalized spacial score (nSPS) is 16.4. The quantitative estimate of drug-likeness (QED) is 0.475. The fraction of sp³-hybridized carbons (Fsp3) is 0.529. The van der Waals surface area contributed by atoms with Crippen molar-refractivity contribution in [3.8, 4) is 5.75 Å². The first kappa shape index (κ1) is 20.6. The molecule has 1 atom stereocenters. The van der Waals surface area contributed by atoms with Crippen molar-refractivity contribution in [1.82, 2.24) is 5.32 Å². The number of hydrogen-bond acceptors (Lipinski definition) is 7. The van der Waals surface area contributed by atoms with Crippen molar-refractivity contribution >= 4 is 17.9 Å². The van der Waals surface area contributed by atoms with Gasteiger partial charge in [-0.1, -0.05) is 12.1 Å². The standard InChI is InChI=1S/C12H14N2O4.C5H10O2/c15-11(9-4-3-7-13-9)8-18-12-6-2-1-5-10(12)14(16)17;1-5(2,3)7-4-6/h1-2,5-6,9,13H,3-4,7-8H2;4H,1-3H3/t9-;/m1./s1. The van der Waals surface area contributed by atoms with Gasteiger partial charge in [0.25, 0.3) is 6.47 Å². The van der Waals surface area contributed by atoms with Gasteiger partial charge < -0.3 is 14.8 Å². The second-order valence-corrected chi connectivity index (χ2v) is 6.46. The predicted octanol–water partition coefficient (Wildman–Crippen LogP) is 2.25. The molecule has 0 aliphatic carbocycles. The molecule has 0 bridgehead atoms. The summed E-state index contributed by atoms with van der Waals surface area (Å²) in [5.74, 6) is 0.0690. The van der Waals surface area contributed by atoms with E-state index in [2.05, 4.69) is 10.1 Å². The van der Waals surface area contributed by atoms with Crippen molar-refractivity contribution in [2.45, 2.75) is 45.3 Å². The van der Waals surface area contributed by atoms with Crippen molar-refractivity contribution in [2.75, 3.05) is 13.2 Å². The van der Waals surface area contributed by atoms with E-state index in [9.17, 15) is 19.7 Å². The molecule has 1 N–H and O–H groups in total. The highest BCUT2D eigenvalue weighted by molar-refractivity contribution is 5.85. The van der Waals surface area contributed by atoms with Crippen molar-refractivity contribution < 1.29 is 24.0 Å². The highest BCUT2D eigenvalue weighted by atomic mass is 16.6. The van der Waals surface area contributed by atoms with Crippen molar-refractivity contribution in [1.29, 1.82) is 0 Å². The lowest BCUT2D eigenvalue weighted by molar-refractivity contribution is -0.385. The number of rotatable bonds is 6. The fourth-order valence-electron chi connectivity index (χ4n) is 2.08. The van der Waals surface area contributed by atoms with E-state index in [1.165, 1.54) is 12.1 Å². The van der Waals surface area contributed by atoms with Gasteiger partial charge >= 0.3 is 5.69 Å². The first-order valence-electron chi connectivity index (χ1n) is 7.98. The first-order chi connectivity index (χ1) is 11.7. The van der Waals surface area contributed by atoms with Crippen LogP contribution in [0.2, 0.25) is 0 Å². The van der Waals surface area contributed by atoms with Crippen LogP contribution in [0.3, 0.4) is 0 Å². The summed E-state index contributed by atoms with van der Waals surface area (Å²) in [4.78, 5) is 31.6. The molecule has 0 spiro atoms. The average Bonchev–Trinajstić information content (AvgIpc) is 3.06. The Morgan fingerprint density at radius 2 is 2.08 bits per heavy atom. The van der Waals surface area contributed by atoms with E-state index in [0.29, 0.717) is 6.47 Å². The minimum Gasteiger partial charge on any atom is -0.479 e. The predicted molar refractivity (Wildman–Crippen MR) is 91.5 cm³/mol. The lowest BCUT2D eigenvalue weighted by atomic mass is 10.1. The molecular weight excluding hydrogens is 328 g/mol. The Morgan fingerprint density at radius 3 is 2.56 bits per heavy atom. The van der Waals surface area contributed by atoms with Crippen LogP contribution >= 0.6 is 0 Å². The summed E-state index contributed by atoms with van der Waals surface area (Å²) in [6, 6.07) is 5.88. The van der Waals surface area contributed by atoms with Gasteiger partial charge in [-0.3, -0.25) is 19.7 Å². The number of nitro benzene ring substituents is 1. The summed E-state index contributed by atoms with van der Waals surface area (Å²) in [6.07, 6.45) is 1.78. The van der Waals surface area contributed by atoms with Crippen LogP contribution in [0.4, 0.5) is 5.69 Å². The third kappa shape index (κ3) is 7.75. The van der Waals surface area contributed by atoms with E-state index >= 15 is 0 Å². The van der Waals surface area contributed by atoms with E-state index < -0.39 is 4.92 Å². The van der Waals surface area contributed by atoms with E-state index in [4.69, 9.17) is 4.74 Å². The number of para-hydroxylation sites is 2. The zero-order valence-corrected chi connectivity index (χ0v) is 14.7.